The first-order valence-electron chi connectivity index (χ1n) is 13.9. The van der Waals surface area contributed by atoms with Crippen LogP contribution in [0.5, 0.6) is 0 Å². The second-order valence-electron chi connectivity index (χ2n) is 9.59. The molecule has 1 atom stereocenters. The maximum atomic E-state index is 12.0. The summed E-state index contributed by atoms with van der Waals surface area (Å²) in [5.41, 5.74) is 5.38. The van der Waals surface area contributed by atoms with Crippen molar-refractivity contribution in [2.24, 2.45) is 5.73 Å². The lowest BCUT2D eigenvalue weighted by Gasteiger charge is -2.12. The van der Waals surface area contributed by atoms with E-state index in [9.17, 15) is 22.8 Å². The molecule has 0 amide bonds. The van der Waals surface area contributed by atoms with E-state index in [-0.39, 0.29) is 6.61 Å². The van der Waals surface area contributed by atoms with E-state index in [1.165, 1.54) is 103 Å². The molecule has 0 aliphatic heterocycles. The Morgan fingerprint density at radius 1 is 0.629 bits per heavy atom. The molecule has 0 saturated heterocycles. The van der Waals surface area contributed by atoms with E-state index in [0.29, 0.717) is 6.42 Å². The van der Waals surface area contributed by atoms with E-state index >= 15 is 0 Å². The standard InChI is InChI=1S/C27H50F3NO4/c1-2-3-4-5-6-7-8-9-10-11-12-13-14-15-16-17-18-19-20-21-22-34-25(32)24(31)23-35-26(33)27(28,29)30/h24H,2-23,31H2,1H3. The number of nitrogens with two attached hydrogens (primary N) is 1. The summed E-state index contributed by atoms with van der Waals surface area (Å²) in [5, 5.41) is 0. The van der Waals surface area contributed by atoms with Gasteiger partial charge in [-0.3, -0.25) is 4.79 Å². The van der Waals surface area contributed by atoms with Crippen LogP contribution in [-0.4, -0.2) is 37.4 Å². The van der Waals surface area contributed by atoms with Crippen LogP contribution < -0.4 is 5.73 Å². The molecule has 0 aromatic heterocycles. The Morgan fingerprint density at radius 2 is 0.971 bits per heavy atom. The molecule has 0 heterocycles. The van der Waals surface area contributed by atoms with Gasteiger partial charge in [-0.2, -0.15) is 13.2 Å². The quantitative estimate of drug-likeness (QED) is 0.106. The average Bonchev–Trinajstić information content (AvgIpc) is 2.82. The van der Waals surface area contributed by atoms with Crippen LogP contribution in [0.4, 0.5) is 13.2 Å². The number of carbonyl (C=O) groups is 2. The molecule has 8 heteroatoms. The number of hydrogen-bond donors (Lipinski definition) is 1. The van der Waals surface area contributed by atoms with E-state index in [4.69, 9.17) is 10.5 Å². The van der Waals surface area contributed by atoms with Crippen molar-refractivity contribution in [1.82, 2.24) is 0 Å². The zero-order chi connectivity index (χ0) is 26.2. The predicted octanol–water partition coefficient (Wildman–Crippen LogP) is 7.78. The van der Waals surface area contributed by atoms with Crippen LogP contribution in [0.3, 0.4) is 0 Å². The third-order valence-electron chi connectivity index (χ3n) is 6.17. The van der Waals surface area contributed by atoms with Crippen molar-refractivity contribution < 1.29 is 32.2 Å². The molecular weight excluding hydrogens is 459 g/mol. The second kappa shape index (κ2) is 23.1. The highest BCUT2D eigenvalue weighted by molar-refractivity contribution is 5.78. The lowest BCUT2D eigenvalue weighted by Crippen LogP contribution is -2.39. The number of halogens is 3. The summed E-state index contributed by atoms with van der Waals surface area (Å²) in [5.74, 6) is -3.23. The Labute approximate surface area is 211 Å². The van der Waals surface area contributed by atoms with E-state index in [1.807, 2.05) is 0 Å². The number of carbonyl (C=O) groups excluding carboxylic acids is 2. The van der Waals surface area contributed by atoms with Crippen LogP contribution in [0.25, 0.3) is 0 Å². The molecule has 1 unspecified atom stereocenters. The predicted molar refractivity (Wildman–Crippen MR) is 134 cm³/mol. The summed E-state index contributed by atoms with van der Waals surface area (Å²) >= 11 is 0. The van der Waals surface area contributed by atoms with Gasteiger partial charge in [0.1, 0.15) is 12.6 Å². The Kier molecular flexibility index (Phi) is 22.2. The van der Waals surface area contributed by atoms with Crippen LogP contribution in [0.2, 0.25) is 0 Å². The minimum absolute atomic E-state index is 0.165. The third-order valence-corrected chi connectivity index (χ3v) is 6.17. The Balaban J connectivity index is 3.30. The van der Waals surface area contributed by atoms with Gasteiger partial charge in [-0.25, -0.2) is 4.79 Å². The van der Waals surface area contributed by atoms with Crippen molar-refractivity contribution in [2.75, 3.05) is 13.2 Å². The minimum atomic E-state index is -5.10. The largest absolute Gasteiger partial charge is 0.490 e. The normalized spacial score (nSPS) is 12.5. The third kappa shape index (κ3) is 22.9. The first kappa shape index (κ1) is 33.7. The average molecular weight is 510 g/mol. The van der Waals surface area contributed by atoms with Gasteiger partial charge in [0.15, 0.2) is 0 Å². The highest BCUT2D eigenvalue weighted by Crippen LogP contribution is 2.17. The SMILES string of the molecule is CCCCCCCCCCCCCCCCCCCCCCOC(=O)C(N)COC(=O)C(F)(F)F. The molecule has 208 valence electrons. The van der Waals surface area contributed by atoms with E-state index in [1.54, 1.807) is 0 Å². The van der Waals surface area contributed by atoms with Gasteiger partial charge in [0.05, 0.1) is 6.61 Å². The Bertz CT molecular complexity index is 515. The number of esters is 2. The summed E-state index contributed by atoms with van der Waals surface area (Å²) in [4.78, 5) is 22.2. The molecule has 0 aliphatic carbocycles. The van der Waals surface area contributed by atoms with E-state index in [2.05, 4.69) is 11.7 Å². The second-order valence-corrected chi connectivity index (χ2v) is 9.59. The minimum Gasteiger partial charge on any atom is -0.464 e. The number of ether oxygens (including phenoxy) is 2. The van der Waals surface area contributed by atoms with Gasteiger partial charge in [0.25, 0.3) is 0 Å². The Morgan fingerprint density at radius 3 is 1.31 bits per heavy atom. The smallest absolute Gasteiger partial charge is 0.464 e. The molecule has 0 aromatic carbocycles. The highest BCUT2D eigenvalue weighted by Gasteiger charge is 2.41. The van der Waals surface area contributed by atoms with Crippen LogP contribution in [-0.2, 0) is 19.1 Å². The van der Waals surface area contributed by atoms with Gasteiger partial charge in [-0.1, -0.05) is 129 Å². The lowest BCUT2D eigenvalue weighted by molar-refractivity contribution is -0.200. The molecule has 5 nitrogen and oxygen atoms in total. The van der Waals surface area contributed by atoms with Gasteiger partial charge in [-0.15, -0.1) is 0 Å². The maximum Gasteiger partial charge on any atom is 0.490 e. The van der Waals surface area contributed by atoms with Crippen LogP contribution in [0.15, 0.2) is 0 Å². The monoisotopic (exact) mass is 509 g/mol. The van der Waals surface area contributed by atoms with E-state index < -0.39 is 30.8 Å². The fourth-order valence-corrected chi connectivity index (χ4v) is 3.95. The van der Waals surface area contributed by atoms with Crippen LogP contribution in [0.1, 0.15) is 135 Å². The summed E-state index contributed by atoms with van der Waals surface area (Å²) in [6.45, 7) is 1.58. The molecule has 0 aliphatic rings. The van der Waals surface area contributed by atoms with Crippen molar-refractivity contribution in [3.63, 3.8) is 0 Å². The molecule has 0 rings (SSSR count). The van der Waals surface area contributed by atoms with Crippen molar-refractivity contribution >= 4 is 11.9 Å². The first-order valence-corrected chi connectivity index (χ1v) is 13.9. The molecule has 0 radical (unpaired) electrons. The highest BCUT2D eigenvalue weighted by atomic mass is 19.4. The van der Waals surface area contributed by atoms with Crippen LogP contribution >= 0.6 is 0 Å². The molecule has 0 fully saturated rings. The summed E-state index contributed by atoms with van der Waals surface area (Å²) in [6.07, 6.45) is 20.5. The van der Waals surface area contributed by atoms with Gasteiger partial charge >= 0.3 is 18.1 Å². The molecule has 2 N–H and O–H groups in total. The molecule has 0 aromatic rings. The Hall–Kier alpha value is -1.31. The summed E-state index contributed by atoms with van der Waals surface area (Å²) < 4.78 is 45.0. The summed E-state index contributed by atoms with van der Waals surface area (Å²) in [7, 11) is 0. The molecule has 0 saturated carbocycles. The topological polar surface area (TPSA) is 78.6 Å². The molecule has 0 bridgehead atoms. The molecule has 0 spiro atoms. The first-order chi connectivity index (χ1) is 16.8. The van der Waals surface area contributed by atoms with E-state index in [0.717, 1.165) is 19.3 Å². The van der Waals surface area contributed by atoms with Crippen molar-refractivity contribution in [3.8, 4) is 0 Å². The van der Waals surface area contributed by atoms with Crippen LogP contribution in [0, 0.1) is 0 Å². The van der Waals surface area contributed by atoms with Crippen molar-refractivity contribution in [1.29, 1.82) is 0 Å². The number of rotatable bonds is 24. The fourth-order valence-electron chi connectivity index (χ4n) is 3.95. The number of alkyl halides is 3. The summed E-state index contributed by atoms with van der Waals surface area (Å²) in [6, 6.07) is -1.41. The maximum absolute atomic E-state index is 12.0. The number of hydrogen-bond acceptors (Lipinski definition) is 5. The van der Waals surface area contributed by atoms with Gasteiger partial charge in [0, 0.05) is 0 Å². The zero-order valence-corrected chi connectivity index (χ0v) is 22.0. The van der Waals surface area contributed by atoms with Crippen molar-refractivity contribution in [3.05, 3.63) is 0 Å². The molecule has 35 heavy (non-hydrogen) atoms. The van der Waals surface area contributed by atoms with Gasteiger partial charge in [-0.05, 0) is 6.42 Å². The van der Waals surface area contributed by atoms with Gasteiger partial charge < -0.3 is 15.2 Å². The zero-order valence-electron chi connectivity index (χ0n) is 22.0. The van der Waals surface area contributed by atoms with Crippen molar-refractivity contribution in [2.45, 2.75) is 148 Å². The fraction of sp³-hybridized carbons (Fsp3) is 0.926. The molecular formula is C27H50F3NO4. The lowest BCUT2D eigenvalue weighted by atomic mass is 10.0. The number of unbranched alkanes of at least 4 members (excludes halogenated alkanes) is 19. The van der Waals surface area contributed by atoms with Gasteiger partial charge in [0.2, 0.25) is 0 Å².